The maximum Gasteiger partial charge on any atom is 0.314 e. The molecule has 0 spiro atoms. The van der Waals surface area contributed by atoms with Gasteiger partial charge in [-0.3, -0.25) is 4.79 Å². The van der Waals surface area contributed by atoms with Crippen molar-refractivity contribution in [2.45, 2.75) is 5.60 Å². The summed E-state index contributed by atoms with van der Waals surface area (Å²) in [5, 5.41) is 31.3. The number of hydrogen-bond acceptors (Lipinski definition) is 3. The quantitative estimate of drug-likeness (QED) is 0.795. The summed E-state index contributed by atoms with van der Waals surface area (Å²) >= 11 is 5.87. The van der Waals surface area contributed by atoms with E-state index in [0.717, 1.165) is 0 Å². The Balaban J connectivity index is 2.29. The van der Waals surface area contributed by atoms with E-state index in [-0.39, 0.29) is 5.76 Å². The van der Waals surface area contributed by atoms with Gasteiger partial charge in [0.2, 0.25) is 0 Å². The third-order valence-electron chi connectivity index (χ3n) is 3.94. The molecule has 2 unspecified atom stereocenters. The van der Waals surface area contributed by atoms with Crippen molar-refractivity contribution in [3.05, 3.63) is 76.3 Å². The molecule has 2 atom stereocenters. The molecular weight excluding hydrogens is 304 g/mol. The molecule has 2 aromatic carbocycles. The first-order valence-corrected chi connectivity index (χ1v) is 7.04. The molecule has 1 aliphatic carbocycles. The van der Waals surface area contributed by atoms with E-state index in [9.17, 15) is 20.1 Å². The summed E-state index contributed by atoms with van der Waals surface area (Å²) < 4.78 is 0. The summed E-state index contributed by atoms with van der Waals surface area (Å²) in [6.07, 6.45) is 1.17. The van der Waals surface area contributed by atoms with Crippen LogP contribution in [0, 0.1) is 5.92 Å². The van der Waals surface area contributed by atoms with Gasteiger partial charge in [0.15, 0.2) is 0 Å². The van der Waals surface area contributed by atoms with Gasteiger partial charge in [0, 0.05) is 16.1 Å². The SMILES string of the molecule is O=C(O)C1C=C(O)c2ccccc2C1(O)c1ccc(Cl)cc1. The number of rotatable bonds is 2. The minimum Gasteiger partial charge on any atom is -0.508 e. The molecule has 0 aromatic heterocycles. The Morgan fingerprint density at radius 1 is 1.09 bits per heavy atom. The number of carboxylic acids is 1. The van der Waals surface area contributed by atoms with Gasteiger partial charge in [-0.05, 0) is 23.8 Å². The zero-order valence-electron chi connectivity index (χ0n) is 11.4. The van der Waals surface area contributed by atoms with Gasteiger partial charge in [-0.15, -0.1) is 0 Å². The second-order valence-electron chi connectivity index (χ2n) is 5.19. The van der Waals surface area contributed by atoms with Crippen LogP contribution in [-0.4, -0.2) is 21.3 Å². The van der Waals surface area contributed by atoms with E-state index in [1.165, 1.54) is 6.08 Å². The van der Waals surface area contributed by atoms with Crippen LogP contribution in [0.3, 0.4) is 0 Å². The summed E-state index contributed by atoms with van der Waals surface area (Å²) in [6.45, 7) is 0. The summed E-state index contributed by atoms with van der Waals surface area (Å²) in [6, 6.07) is 13.0. The van der Waals surface area contributed by atoms with Crippen molar-refractivity contribution in [2.75, 3.05) is 0 Å². The highest BCUT2D eigenvalue weighted by Gasteiger charge is 2.47. The smallest absolute Gasteiger partial charge is 0.314 e. The van der Waals surface area contributed by atoms with E-state index in [1.807, 2.05) is 0 Å². The molecular formula is C17H13ClO4. The van der Waals surface area contributed by atoms with Crippen molar-refractivity contribution in [2.24, 2.45) is 5.92 Å². The van der Waals surface area contributed by atoms with E-state index in [1.54, 1.807) is 48.5 Å². The van der Waals surface area contributed by atoms with Crippen molar-refractivity contribution < 1.29 is 20.1 Å². The van der Waals surface area contributed by atoms with Crippen LogP contribution in [0.5, 0.6) is 0 Å². The molecule has 0 bridgehead atoms. The fourth-order valence-electron chi connectivity index (χ4n) is 2.86. The monoisotopic (exact) mass is 316 g/mol. The van der Waals surface area contributed by atoms with Gasteiger partial charge in [-0.25, -0.2) is 0 Å². The lowest BCUT2D eigenvalue weighted by atomic mass is 9.71. The molecule has 0 amide bonds. The van der Waals surface area contributed by atoms with Crippen molar-refractivity contribution in [1.29, 1.82) is 0 Å². The molecule has 4 nitrogen and oxygen atoms in total. The lowest BCUT2D eigenvalue weighted by Gasteiger charge is -2.37. The van der Waals surface area contributed by atoms with Crippen LogP contribution in [0.25, 0.3) is 5.76 Å². The molecule has 0 aliphatic heterocycles. The molecule has 5 heteroatoms. The van der Waals surface area contributed by atoms with Gasteiger partial charge in [0.05, 0.1) is 0 Å². The average molecular weight is 317 g/mol. The molecule has 0 saturated carbocycles. The van der Waals surface area contributed by atoms with E-state index >= 15 is 0 Å². The second kappa shape index (κ2) is 5.16. The highest BCUT2D eigenvalue weighted by atomic mass is 35.5. The number of carbonyl (C=O) groups is 1. The van der Waals surface area contributed by atoms with Crippen LogP contribution in [0.15, 0.2) is 54.6 Å². The van der Waals surface area contributed by atoms with Gasteiger partial charge in [0.1, 0.15) is 17.3 Å². The Morgan fingerprint density at radius 3 is 2.36 bits per heavy atom. The standard InChI is InChI=1S/C17H13ClO4/c18-11-7-5-10(6-8-11)17(22)13-4-2-1-3-12(13)15(19)9-14(17)16(20)21/h1-9,14,19,22H,(H,20,21). The number of aliphatic carboxylic acids is 1. The van der Waals surface area contributed by atoms with Crippen LogP contribution in [0.1, 0.15) is 16.7 Å². The van der Waals surface area contributed by atoms with Gasteiger partial charge < -0.3 is 15.3 Å². The Kier molecular flexibility index (Phi) is 3.43. The summed E-state index contributed by atoms with van der Waals surface area (Å²) in [5.41, 5.74) is -0.609. The van der Waals surface area contributed by atoms with Crippen LogP contribution in [-0.2, 0) is 10.4 Å². The Bertz CT molecular complexity index is 766. The molecule has 0 fully saturated rings. The van der Waals surface area contributed by atoms with Crippen LogP contribution >= 0.6 is 11.6 Å². The van der Waals surface area contributed by atoms with Crippen LogP contribution in [0.4, 0.5) is 0 Å². The number of carboxylic acid groups (broad SMARTS) is 1. The first-order chi connectivity index (χ1) is 10.4. The molecule has 0 saturated heterocycles. The van der Waals surface area contributed by atoms with Crippen molar-refractivity contribution in [1.82, 2.24) is 0 Å². The molecule has 112 valence electrons. The second-order valence-corrected chi connectivity index (χ2v) is 5.62. The lowest BCUT2D eigenvalue weighted by Crippen LogP contribution is -2.42. The zero-order valence-corrected chi connectivity index (χ0v) is 12.2. The minimum atomic E-state index is -1.78. The number of fused-ring (bicyclic) bond motifs is 1. The highest BCUT2D eigenvalue weighted by molar-refractivity contribution is 6.30. The molecule has 22 heavy (non-hydrogen) atoms. The Labute approximate surface area is 131 Å². The summed E-state index contributed by atoms with van der Waals surface area (Å²) in [4.78, 5) is 11.6. The maximum absolute atomic E-state index is 11.6. The third kappa shape index (κ3) is 2.08. The minimum absolute atomic E-state index is 0.151. The number of aliphatic hydroxyl groups excluding tert-OH is 1. The molecule has 2 aromatic rings. The van der Waals surface area contributed by atoms with E-state index in [4.69, 9.17) is 11.6 Å². The van der Waals surface area contributed by atoms with Gasteiger partial charge in [-0.1, -0.05) is 48.0 Å². The van der Waals surface area contributed by atoms with E-state index in [2.05, 4.69) is 0 Å². The normalized spacial score (nSPS) is 23.5. The predicted molar refractivity (Wildman–Crippen MR) is 82.6 cm³/mol. The van der Waals surface area contributed by atoms with Crippen molar-refractivity contribution in [3.63, 3.8) is 0 Å². The van der Waals surface area contributed by atoms with Crippen LogP contribution in [0.2, 0.25) is 5.02 Å². The zero-order chi connectivity index (χ0) is 15.9. The fourth-order valence-corrected chi connectivity index (χ4v) is 2.99. The average Bonchev–Trinajstić information content (AvgIpc) is 2.51. The summed E-state index contributed by atoms with van der Waals surface area (Å²) in [5.74, 6) is -2.68. The topological polar surface area (TPSA) is 77.8 Å². The van der Waals surface area contributed by atoms with Crippen LogP contribution < -0.4 is 0 Å². The van der Waals surface area contributed by atoms with Crippen molar-refractivity contribution >= 4 is 23.3 Å². The van der Waals surface area contributed by atoms with E-state index < -0.39 is 17.5 Å². The molecule has 3 N–H and O–H groups in total. The third-order valence-corrected chi connectivity index (χ3v) is 4.19. The molecule has 1 aliphatic rings. The number of aliphatic hydroxyl groups is 2. The Morgan fingerprint density at radius 2 is 1.73 bits per heavy atom. The van der Waals surface area contributed by atoms with E-state index in [0.29, 0.717) is 21.7 Å². The van der Waals surface area contributed by atoms with Gasteiger partial charge >= 0.3 is 5.97 Å². The number of benzene rings is 2. The number of halogens is 1. The molecule has 0 radical (unpaired) electrons. The fraction of sp³-hybridized carbons (Fsp3) is 0.118. The van der Waals surface area contributed by atoms with Gasteiger partial charge in [0.25, 0.3) is 0 Å². The molecule has 3 rings (SSSR count). The predicted octanol–water partition coefficient (Wildman–Crippen LogP) is 3.19. The summed E-state index contributed by atoms with van der Waals surface area (Å²) in [7, 11) is 0. The first-order valence-electron chi connectivity index (χ1n) is 6.66. The van der Waals surface area contributed by atoms with Crippen molar-refractivity contribution in [3.8, 4) is 0 Å². The van der Waals surface area contributed by atoms with Gasteiger partial charge in [-0.2, -0.15) is 0 Å². The maximum atomic E-state index is 11.6. The number of hydrogen-bond donors (Lipinski definition) is 3. The Hall–Kier alpha value is -2.30. The largest absolute Gasteiger partial charge is 0.508 e. The lowest BCUT2D eigenvalue weighted by molar-refractivity contribution is -0.147. The first kappa shape index (κ1) is 14.6. The molecule has 0 heterocycles. The highest BCUT2D eigenvalue weighted by Crippen LogP contribution is 2.45.